The van der Waals surface area contributed by atoms with Gasteiger partial charge in [-0.15, -0.1) is 0 Å². The van der Waals surface area contributed by atoms with Crippen molar-refractivity contribution in [2.75, 3.05) is 0 Å². The first-order chi connectivity index (χ1) is 9.31. The standard InChI is InChI=1S/C18H34O/c1-3-5-7-9-10-11-13-15-17-18(19)16-14-12-8-6-4-2/h11,13H,3-10,12,14-17H2,1-2H3/b13-11+. The van der Waals surface area contributed by atoms with Crippen LogP contribution in [0.15, 0.2) is 12.2 Å². The summed E-state index contributed by atoms with van der Waals surface area (Å²) in [5, 5.41) is 0. The number of hydrogen-bond acceptors (Lipinski definition) is 1. The largest absolute Gasteiger partial charge is 0.300 e. The summed E-state index contributed by atoms with van der Waals surface area (Å²) in [6.07, 6.45) is 19.6. The van der Waals surface area contributed by atoms with Crippen molar-refractivity contribution in [2.24, 2.45) is 0 Å². The van der Waals surface area contributed by atoms with Crippen molar-refractivity contribution in [3.8, 4) is 0 Å². The van der Waals surface area contributed by atoms with Gasteiger partial charge in [-0.2, -0.15) is 0 Å². The second-order valence-electron chi connectivity index (χ2n) is 5.56. The summed E-state index contributed by atoms with van der Waals surface area (Å²) in [5.74, 6) is 0.451. The molecule has 0 saturated carbocycles. The summed E-state index contributed by atoms with van der Waals surface area (Å²) in [4.78, 5) is 11.6. The summed E-state index contributed by atoms with van der Waals surface area (Å²) in [6.45, 7) is 4.46. The van der Waals surface area contributed by atoms with Crippen molar-refractivity contribution in [1.29, 1.82) is 0 Å². The van der Waals surface area contributed by atoms with Crippen LogP contribution in [0.5, 0.6) is 0 Å². The SMILES string of the molecule is CCCCCC/C=C/CCC(=O)CCCCCCC. The third-order valence-corrected chi connectivity index (χ3v) is 3.54. The van der Waals surface area contributed by atoms with E-state index in [9.17, 15) is 4.79 Å². The van der Waals surface area contributed by atoms with E-state index in [0.717, 1.165) is 25.7 Å². The van der Waals surface area contributed by atoms with E-state index >= 15 is 0 Å². The number of rotatable bonds is 14. The zero-order valence-electron chi connectivity index (χ0n) is 13.3. The molecule has 0 atom stereocenters. The van der Waals surface area contributed by atoms with Crippen molar-refractivity contribution in [2.45, 2.75) is 97.3 Å². The van der Waals surface area contributed by atoms with Crippen molar-refractivity contribution < 1.29 is 4.79 Å². The van der Waals surface area contributed by atoms with Crippen LogP contribution in [0.25, 0.3) is 0 Å². The normalized spacial score (nSPS) is 11.3. The van der Waals surface area contributed by atoms with Gasteiger partial charge >= 0.3 is 0 Å². The molecule has 0 amide bonds. The molecule has 0 bridgehead atoms. The lowest BCUT2D eigenvalue weighted by atomic mass is 10.1. The fourth-order valence-corrected chi connectivity index (χ4v) is 2.22. The predicted molar refractivity (Wildman–Crippen MR) is 85.5 cm³/mol. The first-order valence-corrected chi connectivity index (χ1v) is 8.48. The zero-order chi connectivity index (χ0) is 14.2. The smallest absolute Gasteiger partial charge is 0.133 e. The summed E-state index contributed by atoms with van der Waals surface area (Å²) in [7, 11) is 0. The molecule has 0 spiro atoms. The topological polar surface area (TPSA) is 17.1 Å². The molecule has 1 heteroatoms. The minimum Gasteiger partial charge on any atom is -0.300 e. The molecule has 0 N–H and O–H groups in total. The van der Waals surface area contributed by atoms with E-state index in [1.165, 1.54) is 57.8 Å². The van der Waals surface area contributed by atoms with Crippen molar-refractivity contribution >= 4 is 5.78 Å². The Labute approximate surface area is 120 Å². The number of carbonyl (C=O) groups excluding carboxylic acids is 1. The van der Waals surface area contributed by atoms with Gasteiger partial charge < -0.3 is 0 Å². The molecule has 0 aliphatic carbocycles. The molecule has 0 aliphatic heterocycles. The molecule has 0 aromatic heterocycles. The Morgan fingerprint density at radius 3 is 1.95 bits per heavy atom. The van der Waals surface area contributed by atoms with Crippen LogP contribution in [0.3, 0.4) is 0 Å². The number of hydrogen-bond donors (Lipinski definition) is 0. The Morgan fingerprint density at radius 1 is 0.684 bits per heavy atom. The molecule has 0 radical (unpaired) electrons. The number of ketones is 1. The highest BCUT2D eigenvalue weighted by Gasteiger charge is 1.99. The van der Waals surface area contributed by atoms with Crippen LogP contribution in [0.4, 0.5) is 0 Å². The molecule has 0 unspecified atom stereocenters. The first-order valence-electron chi connectivity index (χ1n) is 8.48. The maximum atomic E-state index is 11.6. The van der Waals surface area contributed by atoms with Crippen molar-refractivity contribution in [1.82, 2.24) is 0 Å². The Balaban J connectivity index is 3.25. The molecule has 0 heterocycles. The Morgan fingerprint density at radius 2 is 1.26 bits per heavy atom. The van der Waals surface area contributed by atoms with Crippen LogP contribution in [0, 0.1) is 0 Å². The van der Waals surface area contributed by atoms with Gasteiger partial charge in [0.2, 0.25) is 0 Å². The fraction of sp³-hybridized carbons (Fsp3) is 0.833. The van der Waals surface area contributed by atoms with Crippen LogP contribution in [0.1, 0.15) is 97.3 Å². The average Bonchev–Trinajstić information content (AvgIpc) is 2.41. The fourth-order valence-electron chi connectivity index (χ4n) is 2.22. The van der Waals surface area contributed by atoms with Crippen LogP contribution in [0.2, 0.25) is 0 Å². The molecular weight excluding hydrogens is 232 g/mol. The van der Waals surface area contributed by atoms with E-state index in [1.807, 2.05) is 0 Å². The Kier molecular flexibility index (Phi) is 15.0. The van der Waals surface area contributed by atoms with Crippen LogP contribution >= 0.6 is 0 Å². The lowest BCUT2D eigenvalue weighted by Gasteiger charge is -1.99. The van der Waals surface area contributed by atoms with E-state index in [4.69, 9.17) is 0 Å². The quantitative estimate of drug-likeness (QED) is 0.269. The highest BCUT2D eigenvalue weighted by Crippen LogP contribution is 2.08. The minimum atomic E-state index is 0.451. The second-order valence-corrected chi connectivity index (χ2v) is 5.56. The van der Waals surface area contributed by atoms with Gasteiger partial charge in [0.1, 0.15) is 5.78 Å². The number of Topliss-reactive ketones (excluding diaryl/α,β-unsaturated/α-hetero) is 1. The van der Waals surface area contributed by atoms with Gasteiger partial charge in [-0.3, -0.25) is 4.79 Å². The monoisotopic (exact) mass is 266 g/mol. The molecule has 0 fully saturated rings. The average molecular weight is 266 g/mol. The van der Waals surface area contributed by atoms with E-state index in [1.54, 1.807) is 0 Å². The van der Waals surface area contributed by atoms with Crippen LogP contribution in [-0.4, -0.2) is 5.78 Å². The highest BCUT2D eigenvalue weighted by atomic mass is 16.1. The molecule has 1 nitrogen and oxygen atoms in total. The van der Waals surface area contributed by atoms with E-state index in [-0.39, 0.29) is 0 Å². The van der Waals surface area contributed by atoms with E-state index in [0.29, 0.717) is 5.78 Å². The van der Waals surface area contributed by atoms with Crippen molar-refractivity contribution in [3.63, 3.8) is 0 Å². The molecule has 112 valence electrons. The van der Waals surface area contributed by atoms with Crippen LogP contribution < -0.4 is 0 Å². The summed E-state index contributed by atoms with van der Waals surface area (Å²) >= 11 is 0. The zero-order valence-corrected chi connectivity index (χ0v) is 13.3. The van der Waals surface area contributed by atoms with Gasteiger partial charge in [0.25, 0.3) is 0 Å². The maximum Gasteiger partial charge on any atom is 0.133 e. The lowest BCUT2D eigenvalue weighted by Crippen LogP contribution is -1.96. The summed E-state index contributed by atoms with van der Waals surface area (Å²) < 4.78 is 0. The summed E-state index contributed by atoms with van der Waals surface area (Å²) in [6, 6.07) is 0. The van der Waals surface area contributed by atoms with E-state index in [2.05, 4.69) is 26.0 Å². The van der Waals surface area contributed by atoms with Gasteiger partial charge in [-0.25, -0.2) is 0 Å². The van der Waals surface area contributed by atoms with Crippen molar-refractivity contribution in [3.05, 3.63) is 12.2 Å². The minimum absolute atomic E-state index is 0.451. The Bertz CT molecular complexity index is 218. The number of carbonyl (C=O) groups is 1. The number of unbranched alkanes of at least 4 members (excludes halogenated alkanes) is 8. The molecule has 19 heavy (non-hydrogen) atoms. The van der Waals surface area contributed by atoms with Gasteiger partial charge in [0, 0.05) is 12.8 Å². The third kappa shape index (κ3) is 15.4. The Hall–Kier alpha value is -0.590. The molecule has 0 rings (SSSR count). The molecular formula is C18H34O. The van der Waals surface area contributed by atoms with E-state index < -0.39 is 0 Å². The molecule has 0 aromatic rings. The maximum absolute atomic E-state index is 11.6. The van der Waals surface area contributed by atoms with Gasteiger partial charge in [-0.1, -0.05) is 70.9 Å². The first kappa shape index (κ1) is 18.4. The van der Waals surface area contributed by atoms with Gasteiger partial charge in [-0.05, 0) is 25.7 Å². The number of allylic oxidation sites excluding steroid dienone is 2. The summed E-state index contributed by atoms with van der Waals surface area (Å²) in [5.41, 5.74) is 0. The molecule has 0 aliphatic rings. The molecule has 0 aromatic carbocycles. The third-order valence-electron chi connectivity index (χ3n) is 3.54. The second kappa shape index (κ2) is 15.5. The lowest BCUT2D eigenvalue weighted by molar-refractivity contribution is -0.119. The molecule has 0 saturated heterocycles. The van der Waals surface area contributed by atoms with Crippen LogP contribution in [-0.2, 0) is 4.79 Å². The highest BCUT2D eigenvalue weighted by molar-refractivity contribution is 5.78. The van der Waals surface area contributed by atoms with Gasteiger partial charge in [0.15, 0.2) is 0 Å². The van der Waals surface area contributed by atoms with Gasteiger partial charge in [0.05, 0.1) is 0 Å². The predicted octanol–water partition coefficient (Wildman–Crippen LogP) is 6.22.